The first kappa shape index (κ1) is 28.6. The number of nitrogens with zero attached hydrogens (tertiary/aromatic N) is 2. The fourth-order valence-electron chi connectivity index (χ4n) is 4.53. The minimum Gasteiger partial charge on any atom is -0.534 e. The van der Waals surface area contributed by atoms with E-state index in [1.807, 2.05) is 0 Å². The van der Waals surface area contributed by atoms with Gasteiger partial charge < -0.3 is 35.2 Å². The Labute approximate surface area is 236 Å². The number of rotatable bonds is 7. The molecule has 2 aliphatic rings. The number of hydrogen-bond acceptors (Lipinski definition) is 9. The summed E-state index contributed by atoms with van der Waals surface area (Å²) in [6, 6.07) is 7.61. The van der Waals surface area contributed by atoms with E-state index in [-0.39, 0.29) is 34.2 Å². The van der Waals surface area contributed by atoms with Crippen molar-refractivity contribution in [2.75, 3.05) is 5.75 Å². The molecule has 1 aromatic heterocycles. The zero-order valence-corrected chi connectivity index (χ0v) is 22.7. The van der Waals surface area contributed by atoms with Crippen molar-refractivity contribution in [2.45, 2.75) is 30.1 Å². The number of aromatic nitrogens is 2. The molecule has 5 rings (SSSR count). The van der Waals surface area contributed by atoms with Crippen LogP contribution in [0.25, 0.3) is 0 Å². The summed E-state index contributed by atoms with van der Waals surface area (Å²) in [4.78, 5) is 74.1. The number of benzene rings is 2. The lowest BCUT2D eigenvalue weighted by Gasteiger charge is -2.30. The molecule has 17 heteroatoms. The summed E-state index contributed by atoms with van der Waals surface area (Å²) in [5.74, 6) is -3.47. The maximum absolute atomic E-state index is 13.5. The van der Waals surface area contributed by atoms with Crippen LogP contribution in [0.4, 0.5) is 0 Å². The number of nitrogens with one attached hydrogen (secondary N) is 2. The fourth-order valence-corrected chi connectivity index (χ4v) is 5.98. The molecule has 3 aromatic rings. The molecule has 1 unspecified atom stereocenters. The zero-order chi connectivity index (χ0) is 29.5. The Balaban J connectivity index is 1.43. The number of fused-ring (bicyclic) bond motifs is 2. The van der Waals surface area contributed by atoms with Crippen LogP contribution >= 0.6 is 19.4 Å². The number of carboxylic acids is 1. The van der Waals surface area contributed by atoms with E-state index >= 15 is 0 Å². The van der Waals surface area contributed by atoms with Gasteiger partial charge in [0.15, 0.2) is 5.16 Å². The molecule has 0 bridgehead atoms. The molecule has 0 saturated carbocycles. The topological polar surface area (TPSA) is 217 Å². The second kappa shape index (κ2) is 11.1. The predicted octanol–water partition coefficient (Wildman–Crippen LogP) is -0.539. The zero-order valence-electron chi connectivity index (χ0n) is 21.0. The number of para-hydroxylation sites is 1. The molecule has 14 nitrogen and oxygen atoms in total. The SMILES string of the molecule is O=C(O)c1cccc2c1OB(O)[C@@H](NC(=O)C(NC(=O)c1cnc3n(c1=O)CCS3)c1ccc(P(=O)(O)O)cc1)C2. The van der Waals surface area contributed by atoms with Crippen LogP contribution in [0.15, 0.2) is 58.6 Å². The molecule has 0 radical (unpaired) electrons. The lowest BCUT2D eigenvalue weighted by molar-refractivity contribution is -0.123. The number of carbonyl (C=O) groups excluding carboxylic acids is 2. The summed E-state index contributed by atoms with van der Waals surface area (Å²) < 4.78 is 18.4. The van der Waals surface area contributed by atoms with Crippen molar-refractivity contribution >= 4 is 49.6 Å². The van der Waals surface area contributed by atoms with Crippen molar-refractivity contribution in [3.8, 4) is 5.75 Å². The van der Waals surface area contributed by atoms with Crippen molar-refractivity contribution in [3.05, 3.63) is 81.3 Å². The Morgan fingerprint density at radius 3 is 2.56 bits per heavy atom. The van der Waals surface area contributed by atoms with Gasteiger partial charge in [-0.3, -0.25) is 23.5 Å². The van der Waals surface area contributed by atoms with Gasteiger partial charge in [-0.05, 0) is 35.7 Å². The molecule has 0 aliphatic carbocycles. The van der Waals surface area contributed by atoms with E-state index in [0.29, 0.717) is 23.0 Å². The van der Waals surface area contributed by atoms with E-state index in [4.69, 9.17) is 4.65 Å². The van der Waals surface area contributed by atoms with Gasteiger partial charge in [0, 0.05) is 18.5 Å². The van der Waals surface area contributed by atoms with E-state index in [0.717, 1.165) is 18.3 Å². The van der Waals surface area contributed by atoms with Crippen LogP contribution in [0.3, 0.4) is 0 Å². The predicted molar refractivity (Wildman–Crippen MR) is 145 cm³/mol. The van der Waals surface area contributed by atoms with Crippen molar-refractivity contribution < 1.29 is 43.5 Å². The molecule has 0 spiro atoms. The lowest BCUT2D eigenvalue weighted by Crippen LogP contribution is -2.55. The maximum atomic E-state index is 13.5. The Hall–Kier alpha value is -3.95. The second-order valence-corrected chi connectivity index (χ2v) is 11.9. The van der Waals surface area contributed by atoms with E-state index in [2.05, 4.69) is 15.6 Å². The first-order valence-electron chi connectivity index (χ1n) is 12.1. The van der Waals surface area contributed by atoms with E-state index in [1.165, 1.54) is 40.6 Å². The number of amides is 2. The van der Waals surface area contributed by atoms with Crippen LogP contribution in [-0.4, -0.2) is 66.1 Å². The first-order valence-corrected chi connectivity index (χ1v) is 14.7. The van der Waals surface area contributed by atoms with Gasteiger partial charge in [0.2, 0.25) is 5.91 Å². The minimum atomic E-state index is -4.59. The summed E-state index contributed by atoms with van der Waals surface area (Å²) in [6.07, 6.45) is 1.11. The molecule has 2 aromatic carbocycles. The average Bonchev–Trinajstić information content (AvgIpc) is 3.41. The largest absolute Gasteiger partial charge is 0.547 e. The minimum absolute atomic E-state index is 0.00503. The van der Waals surface area contributed by atoms with Gasteiger partial charge in [0.25, 0.3) is 11.5 Å². The van der Waals surface area contributed by atoms with Crippen LogP contribution in [0.2, 0.25) is 0 Å². The van der Waals surface area contributed by atoms with Crippen molar-refractivity contribution in [2.24, 2.45) is 0 Å². The molecule has 2 amide bonds. The third-order valence-electron chi connectivity index (χ3n) is 6.58. The van der Waals surface area contributed by atoms with Gasteiger partial charge in [0.05, 0.1) is 16.8 Å². The molecule has 41 heavy (non-hydrogen) atoms. The third-order valence-corrected chi connectivity index (χ3v) is 8.52. The lowest BCUT2D eigenvalue weighted by atomic mass is 9.72. The van der Waals surface area contributed by atoms with Gasteiger partial charge in [0.1, 0.15) is 17.4 Å². The quantitative estimate of drug-likeness (QED) is 0.115. The molecular weight excluding hydrogens is 578 g/mol. The Bertz CT molecular complexity index is 1660. The summed E-state index contributed by atoms with van der Waals surface area (Å²) in [5, 5.41) is 25.2. The fraction of sp³-hybridized carbons (Fsp3) is 0.208. The molecular formula is C24H22BN4O10PS. The van der Waals surface area contributed by atoms with E-state index in [1.54, 1.807) is 6.07 Å². The van der Waals surface area contributed by atoms with E-state index < -0.39 is 50.0 Å². The number of carbonyl (C=O) groups is 3. The summed E-state index contributed by atoms with van der Waals surface area (Å²) in [5.41, 5.74) is -0.512. The Kier molecular flexibility index (Phi) is 7.77. The third kappa shape index (κ3) is 5.78. The van der Waals surface area contributed by atoms with Crippen LogP contribution in [-0.2, 0) is 22.3 Å². The van der Waals surface area contributed by atoms with Crippen LogP contribution in [0.1, 0.15) is 37.9 Å². The standard InChI is InChI=1S/C24H22BN4O10PS/c30-20(16-11-26-24-29(22(16)32)8-9-41-24)28-18(12-4-6-14(7-5-12)40(36,37)38)21(31)27-17-10-13-2-1-3-15(23(33)34)19(13)39-25(17)35/h1-7,11,17-18,35H,8-10H2,(H,27,31)(H,28,30)(H,33,34)(H2,36,37,38)/t17-,18?/m0/s1. The monoisotopic (exact) mass is 600 g/mol. The van der Waals surface area contributed by atoms with Crippen molar-refractivity contribution in [1.29, 1.82) is 0 Å². The highest BCUT2D eigenvalue weighted by atomic mass is 32.2. The first-order chi connectivity index (χ1) is 19.4. The normalized spacial score (nSPS) is 16.7. The molecule has 0 fully saturated rings. The Morgan fingerprint density at radius 2 is 1.88 bits per heavy atom. The molecule has 2 atom stereocenters. The number of hydrogen-bond donors (Lipinski definition) is 6. The highest BCUT2D eigenvalue weighted by Gasteiger charge is 2.39. The smallest absolute Gasteiger partial charge is 0.534 e. The van der Waals surface area contributed by atoms with Gasteiger partial charge in [-0.2, -0.15) is 0 Å². The van der Waals surface area contributed by atoms with Crippen molar-refractivity contribution in [3.63, 3.8) is 0 Å². The molecule has 0 saturated heterocycles. The average molecular weight is 600 g/mol. The van der Waals surface area contributed by atoms with Gasteiger partial charge in [-0.25, -0.2) is 9.78 Å². The van der Waals surface area contributed by atoms with Crippen molar-refractivity contribution in [1.82, 2.24) is 20.2 Å². The van der Waals surface area contributed by atoms with Gasteiger partial charge >= 0.3 is 20.7 Å². The van der Waals surface area contributed by atoms with Crippen LogP contribution in [0, 0.1) is 0 Å². The van der Waals surface area contributed by atoms with Gasteiger partial charge in [-0.15, -0.1) is 0 Å². The molecule has 6 N–H and O–H groups in total. The number of aromatic carboxylic acids is 1. The van der Waals surface area contributed by atoms with E-state index in [9.17, 15) is 43.7 Å². The second-order valence-electron chi connectivity index (χ2n) is 9.23. The highest BCUT2D eigenvalue weighted by Crippen LogP contribution is 2.33. The summed E-state index contributed by atoms with van der Waals surface area (Å²) >= 11 is 1.36. The Morgan fingerprint density at radius 1 is 1.15 bits per heavy atom. The van der Waals surface area contributed by atoms with Gasteiger partial charge in [-0.1, -0.05) is 36.0 Å². The highest BCUT2D eigenvalue weighted by molar-refractivity contribution is 7.99. The number of thioether (sulfide) groups is 1. The maximum Gasteiger partial charge on any atom is 0.547 e. The molecule has 2 aliphatic heterocycles. The van der Waals surface area contributed by atoms with Crippen LogP contribution in [0.5, 0.6) is 5.75 Å². The summed E-state index contributed by atoms with van der Waals surface area (Å²) in [6.45, 7) is 0.366. The molecule has 212 valence electrons. The number of carboxylic acid groups (broad SMARTS) is 1. The summed E-state index contributed by atoms with van der Waals surface area (Å²) in [7, 11) is -6.23. The molecule has 3 heterocycles. The van der Waals surface area contributed by atoms with Crippen LogP contribution < -0.4 is 26.2 Å².